The van der Waals surface area contributed by atoms with Crippen LogP contribution in [0.4, 0.5) is 10.5 Å². The average molecular weight is 303 g/mol. The number of anilines is 1. The molecule has 4 nitrogen and oxygen atoms in total. The number of benzene rings is 1. The fourth-order valence-corrected chi connectivity index (χ4v) is 1.65. The van der Waals surface area contributed by atoms with Crippen LogP contribution in [0.25, 0.3) is 0 Å². The Morgan fingerprint density at radius 3 is 2.88 bits per heavy atom. The van der Waals surface area contributed by atoms with Gasteiger partial charge in [-0.3, -0.25) is 5.32 Å². The van der Waals surface area contributed by atoms with Crippen molar-refractivity contribution in [2.24, 2.45) is 5.73 Å². The number of halogens is 1. The molecule has 1 amide bonds. The third-order valence-electron chi connectivity index (χ3n) is 1.76. The lowest BCUT2D eigenvalue weighted by Gasteiger charge is -2.10. The molecule has 0 radical (unpaired) electrons. The van der Waals surface area contributed by atoms with E-state index in [1.54, 1.807) is 25.1 Å². The van der Waals surface area contributed by atoms with Gasteiger partial charge in [0.1, 0.15) is 4.99 Å². The molecule has 3 N–H and O–H groups in total. The molecular formula is C10H11BrN2O2S. The summed E-state index contributed by atoms with van der Waals surface area (Å²) in [7, 11) is 0. The lowest BCUT2D eigenvalue weighted by molar-refractivity contribution is 0.168. The van der Waals surface area contributed by atoms with E-state index in [0.29, 0.717) is 17.9 Å². The van der Waals surface area contributed by atoms with Crippen LogP contribution >= 0.6 is 28.1 Å². The Morgan fingerprint density at radius 1 is 1.62 bits per heavy atom. The maximum absolute atomic E-state index is 11.3. The number of carbonyl (C=O) groups is 1. The lowest BCUT2D eigenvalue weighted by atomic mass is 10.2. The molecule has 1 aromatic rings. The molecule has 0 unspecified atom stereocenters. The Morgan fingerprint density at radius 2 is 2.31 bits per heavy atom. The highest BCUT2D eigenvalue weighted by Gasteiger charge is 2.09. The molecular weight excluding hydrogens is 292 g/mol. The number of amides is 1. The summed E-state index contributed by atoms with van der Waals surface area (Å²) in [5.41, 5.74) is 6.67. The first kappa shape index (κ1) is 12.9. The zero-order valence-electron chi connectivity index (χ0n) is 8.62. The van der Waals surface area contributed by atoms with Crippen LogP contribution in [0.1, 0.15) is 12.5 Å². The van der Waals surface area contributed by atoms with Gasteiger partial charge in [-0.1, -0.05) is 28.1 Å². The van der Waals surface area contributed by atoms with Crippen molar-refractivity contribution in [1.82, 2.24) is 0 Å². The average Bonchev–Trinajstić information content (AvgIpc) is 2.17. The second-order valence-electron chi connectivity index (χ2n) is 2.90. The van der Waals surface area contributed by atoms with Crippen molar-refractivity contribution < 1.29 is 9.53 Å². The van der Waals surface area contributed by atoms with E-state index in [1.165, 1.54) is 0 Å². The summed E-state index contributed by atoms with van der Waals surface area (Å²) in [6.07, 6.45) is -0.530. The van der Waals surface area contributed by atoms with Gasteiger partial charge in [0.05, 0.1) is 12.3 Å². The minimum absolute atomic E-state index is 0.222. The summed E-state index contributed by atoms with van der Waals surface area (Å²) in [4.78, 5) is 11.5. The Bertz CT molecular complexity index is 423. The zero-order valence-corrected chi connectivity index (χ0v) is 11.0. The quantitative estimate of drug-likeness (QED) is 0.843. The van der Waals surface area contributed by atoms with Crippen molar-refractivity contribution in [3.8, 4) is 0 Å². The molecule has 0 saturated heterocycles. The van der Waals surface area contributed by atoms with Crippen molar-refractivity contribution >= 4 is 44.9 Å². The van der Waals surface area contributed by atoms with Gasteiger partial charge in [0.15, 0.2) is 0 Å². The molecule has 0 bridgehead atoms. The summed E-state index contributed by atoms with van der Waals surface area (Å²) in [6, 6.07) is 5.24. The van der Waals surface area contributed by atoms with E-state index in [1.807, 2.05) is 0 Å². The van der Waals surface area contributed by atoms with Crippen molar-refractivity contribution in [3.05, 3.63) is 28.2 Å². The van der Waals surface area contributed by atoms with Gasteiger partial charge in [0, 0.05) is 10.0 Å². The maximum atomic E-state index is 11.3. The van der Waals surface area contributed by atoms with Gasteiger partial charge in [-0.25, -0.2) is 4.79 Å². The first-order valence-corrected chi connectivity index (χ1v) is 5.78. The van der Waals surface area contributed by atoms with E-state index in [0.717, 1.165) is 4.47 Å². The van der Waals surface area contributed by atoms with E-state index in [2.05, 4.69) is 21.2 Å². The Labute approximate surface area is 107 Å². The first-order chi connectivity index (χ1) is 7.54. The normalized spacial score (nSPS) is 9.62. The van der Waals surface area contributed by atoms with Crippen LogP contribution in [-0.2, 0) is 4.74 Å². The molecule has 0 aliphatic carbocycles. The van der Waals surface area contributed by atoms with Gasteiger partial charge in [-0.05, 0) is 25.1 Å². The van der Waals surface area contributed by atoms with Crippen molar-refractivity contribution in [2.45, 2.75) is 6.92 Å². The van der Waals surface area contributed by atoms with E-state index >= 15 is 0 Å². The standard InChI is InChI=1S/C10H11BrN2O2S/c1-2-15-10(14)13-8-5-6(11)3-4-7(8)9(12)16/h3-5H,2H2,1H3,(H2,12,16)(H,13,14). The smallest absolute Gasteiger partial charge is 0.411 e. The van der Waals surface area contributed by atoms with Crippen LogP contribution < -0.4 is 11.1 Å². The van der Waals surface area contributed by atoms with Gasteiger partial charge in [-0.15, -0.1) is 0 Å². The zero-order chi connectivity index (χ0) is 12.1. The van der Waals surface area contributed by atoms with Crippen molar-refractivity contribution in [3.63, 3.8) is 0 Å². The molecule has 0 heterocycles. The fourth-order valence-electron chi connectivity index (χ4n) is 1.11. The second-order valence-corrected chi connectivity index (χ2v) is 4.26. The number of nitrogens with one attached hydrogen (secondary N) is 1. The van der Waals surface area contributed by atoms with E-state index in [-0.39, 0.29) is 4.99 Å². The summed E-state index contributed by atoms with van der Waals surface area (Å²) in [5, 5.41) is 2.57. The van der Waals surface area contributed by atoms with Crippen LogP contribution in [0.3, 0.4) is 0 Å². The molecule has 1 rings (SSSR count). The molecule has 0 aliphatic rings. The minimum atomic E-state index is -0.530. The van der Waals surface area contributed by atoms with Crippen LogP contribution in [0.15, 0.2) is 22.7 Å². The highest BCUT2D eigenvalue weighted by Crippen LogP contribution is 2.21. The van der Waals surface area contributed by atoms with Gasteiger partial charge in [0.25, 0.3) is 0 Å². The molecule has 6 heteroatoms. The second kappa shape index (κ2) is 5.81. The number of hydrogen-bond acceptors (Lipinski definition) is 3. The minimum Gasteiger partial charge on any atom is -0.450 e. The predicted octanol–water partition coefficient (Wildman–Crippen LogP) is 2.65. The summed E-state index contributed by atoms with van der Waals surface area (Å²) >= 11 is 8.18. The van der Waals surface area contributed by atoms with Crippen LogP contribution in [-0.4, -0.2) is 17.7 Å². The first-order valence-electron chi connectivity index (χ1n) is 4.57. The molecule has 0 atom stereocenters. The number of thiocarbonyl (C=S) groups is 1. The molecule has 86 valence electrons. The Balaban J connectivity index is 2.96. The van der Waals surface area contributed by atoms with Crippen LogP contribution in [0.2, 0.25) is 0 Å². The van der Waals surface area contributed by atoms with Gasteiger partial charge < -0.3 is 10.5 Å². The molecule has 0 spiro atoms. The summed E-state index contributed by atoms with van der Waals surface area (Å²) in [5.74, 6) is 0. The Kier molecular flexibility index (Phi) is 4.70. The van der Waals surface area contributed by atoms with Crippen molar-refractivity contribution in [2.75, 3.05) is 11.9 Å². The highest BCUT2D eigenvalue weighted by atomic mass is 79.9. The molecule has 0 fully saturated rings. The number of ether oxygens (including phenoxy) is 1. The number of nitrogens with two attached hydrogens (primary N) is 1. The van der Waals surface area contributed by atoms with Gasteiger partial charge in [0.2, 0.25) is 0 Å². The largest absolute Gasteiger partial charge is 0.450 e. The van der Waals surface area contributed by atoms with Crippen molar-refractivity contribution in [1.29, 1.82) is 0 Å². The maximum Gasteiger partial charge on any atom is 0.411 e. The third kappa shape index (κ3) is 3.46. The summed E-state index contributed by atoms with van der Waals surface area (Å²) < 4.78 is 5.59. The number of hydrogen-bond donors (Lipinski definition) is 2. The summed E-state index contributed by atoms with van der Waals surface area (Å²) in [6.45, 7) is 2.04. The lowest BCUT2D eigenvalue weighted by Crippen LogP contribution is -2.18. The molecule has 0 aliphatic heterocycles. The molecule has 0 aromatic heterocycles. The van der Waals surface area contributed by atoms with Gasteiger partial charge >= 0.3 is 6.09 Å². The third-order valence-corrected chi connectivity index (χ3v) is 2.47. The number of carbonyl (C=O) groups excluding carboxylic acids is 1. The van der Waals surface area contributed by atoms with E-state index in [9.17, 15) is 4.79 Å². The van der Waals surface area contributed by atoms with Gasteiger partial charge in [-0.2, -0.15) is 0 Å². The van der Waals surface area contributed by atoms with E-state index in [4.69, 9.17) is 22.7 Å². The highest BCUT2D eigenvalue weighted by molar-refractivity contribution is 9.10. The monoisotopic (exact) mass is 302 g/mol. The van der Waals surface area contributed by atoms with E-state index < -0.39 is 6.09 Å². The van der Waals surface area contributed by atoms with Crippen LogP contribution in [0, 0.1) is 0 Å². The molecule has 16 heavy (non-hydrogen) atoms. The molecule has 1 aromatic carbocycles. The Hall–Kier alpha value is -1.14. The number of rotatable bonds is 3. The predicted molar refractivity (Wildman–Crippen MR) is 70.7 cm³/mol. The topological polar surface area (TPSA) is 64.3 Å². The molecule has 0 saturated carbocycles. The van der Waals surface area contributed by atoms with Crippen LogP contribution in [0.5, 0.6) is 0 Å². The SMILES string of the molecule is CCOC(=O)Nc1cc(Br)ccc1C(N)=S. The fraction of sp³-hybridized carbons (Fsp3) is 0.200.